The van der Waals surface area contributed by atoms with Gasteiger partial charge >= 0.3 is 0 Å². The van der Waals surface area contributed by atoms with Gasteiger partial charge < -0.3 is 15.3 Å². The Balaban J connectivity index is 1.64. The van der Waals surface area contributed by atoms with E-state index in [-0.39, 0.29) is 12.0 Å². The summed E-state index contributed by atoms with van der Waals surface area (Å²) in [6.07, 6.45) is 5.86. The van der Waals surface area contributed by atoms with Crippen LogP contribution in [0.3, 0.4) is 0 Å². The topological polar surface area (TPSA) is 65.5 Å². The molecule has 1 aliphatic rings. The molecule has 0 atom stereocenters. The lowest BCUT2D eigenvalue weighted by molar-refractivity contribution is 0.0816. The number of aryl methyl sites for hydroxylation is 1. The highest BCUT2D eigenvalue weighted by Crippen LogP contribution is 2.09. The minimum absolute atomic E-state index is 0.0599. The number of pyridine rings is 1. The fraction of sp³-hybridized carbons (Fsp3) is 0.600. The van der Waals surface area contributed by atoms with Gasteiger partial charge in [-0.1, -0.05) is 0 Å². The van der Waals surface area contributed by atoms with Crippen LogP contribution in [0.1, 0.15) is 35.2 Å². The van der Waals surface area contributed by atoms with Gasteiger partial charge in [0.15, 0.2) is 0 Å². The van der Waals surface area contributed by atoms with Gasteiger partial charge in [-0.15, -0.1) is 0 Å². The maximum absolute atomic E-state index is 11.9. The standard InChI is InChI=1S/C15H23N3O2/c1-12-9-13(11-16-10-12)15(20)17-5-2-6-18-7-3-14(19)4-8-18/h9-11,14,19H,2-8H2,1H3,(H,17,20). The number of nitrogens with zero attached hydrogens (tertiary/aromatic N) is 2. The van der Waals surface area contributed by atoms with Gasteiger partial charge in [-0.05, 0) is 44.4 Å². The number of carbonyl (C=O) groups excluding carboxylic acids is 1. The van der Waals surface area contributed by atoms with Crippen molar-refractivity contribution in [3.8, 4) is 0 Å². The van der Waals surface area contributed by atoms with E-state index in [0.717, 1.165) is 44.5 Å². The van der Waals surface area contributed by atoms with Crippen LogP contribution in [0.4, 0.5) is 0 Å². The molecule has 110 valence electrons. The average Bonchev–Trinajstić information content (AvgIpc) is 2.45. The van der Waals surface area contributed by atoms with Gasteiger partial charge in [0, 0.05) is 32.0 Å². The number of aliphatic hydroxyl groups is 1. The van der Waals surface area contributed by atoms with E-state index in [2.05, 4.69) is 15.2 Å². The molecule has 0 unspecified atom stereocenters. The van der Waals surface area contributed by atoms with E-state index in [4.69, 9.17) is 0 Å². The molecule has 0 aromatic carbocycles. The van der Waals surface area contributed by atoms with Crippen molar-refractivity contribution < 1.29 is 9.90 Å². The van der Waals surface area contributed by atoms with E-state index in [0.29, 0.717) is 12.1 Å². The molecule has 5 heteroatoms. The van der Waals surface area contributed by atoms with E-state index in [1.165, 1.54) is 0 Å². The van der Waals surface area contributed by atoms with Crippen LogP contribution in [0, 0.1) is 6.92 Å². The second-order valence-corrected chi connectivity index (χ2v) is 5.43. The summed E-state index contributed by atoms with van der Waals surface area (Å²) in [5.41, 5.74) is 1.61. The predicted molar refractivity (Wildman–Crippen MR) is 77.6 cm³/mol. The van der Waals surface area contributed by atoms with Crippen LogP contribution in [0.25, 0.3) is 0 Å². The first kappa shape index (κ1) is 14.9. The van der Waals surface area contributed by atoms with Crippen molar-refractivity contribution in [2.75, 3.05) is 26.2 Å². The van der Waals surface area contributed by atoms with Gasteiger partial charge in [0.25, 0.3) is 5.91 Å². The third kappa shape index (κ3) is 4.58. The molecule has 2 N–H and O–H groups in total. The van der Waals surface area contributed by atoms with Crippen LogP contribution in [-0.2, 0) is 0 Å². The average molecular weight is 277 g/mol. The van der Waals surface area contributed by atoms with Crippen LogP contribution in [-0.4, -0.2) is 53.2 Å². The minimum atomic E-state index is -0.125. The number of nitrogens with one attached hydrogen (secondary N) is 1. The molecular formula is C15H23N3O2. The van der Waals surface area contributed by atoms with Gasteiger partial charge in [0.2, 0.25) is 0 Å². The summed E-state index contributed by atoms with van der Waals surface area (Å²) in [5, 5.41) is 12.3. The molecule has 1 aliphatic heterocycles. The summed E-state index contributed by atoms with van der Waals surface area (Å²) >= 11 is 0. The van der Waals surface area contributed by atoms with E-state index in [1.54, 1.807) is 12.4 Å². The number of piperidine rings is 1. The Morgan fingerprint density at radius 2 is 2.20 bits per heavy atom. The highest BCUT2D eigenvalue weighted by Gasteiger charge is 2.16. The third-order valence-corrected chi connectivity index (χ3v) is 3.63. The largest absolute Gasteiger partial charge is 0.393 e. The zero-order chi connectivity index (χ0) is 14.4. The number of rotatable bonds is 5. The molecule has 2 rings (SSSR count). The number of likely N-dealkylation sites (tertiary alicyclic amines) is 1. The smallest absolute Gasteiger partial charge is 0.252 e. The van der Waals surface area contributed by atoms with Crippen LogP contribution < -0.4 is 5.32 Å². The zero-order valence-corrected chi connectivity index (χ0v) is 12.0. The van der Waals surface area contributed by atoms with Crippen LogP contribution >= 0.6 is 0 Å². The Labute approximate surface area is 120 Å². The van der Waals surface area contributed by atoms with Gasteiger partial charge in [-0.25, -0.2) is 0 Å². The number of aliphatic hydroxyl groups excluding tert-OH is 1. The third-order valence-electron chi connectivity index (χ3n) is 3.63. The monoisotopic (exact) mass is 277 g/mol. The quantitative estimate of drug-likeness (QED) is 0.787. The maximum Gasteiger partial charge on any atom is 0.252 e. The fourth-order valence-electron chi connectivity index (χ4n) is 2.43. The first-order valence-electron chi connectivity index (χ1n) is 7.25. The SMILES string of the molecule is Cc1cncc(C(=O)NCCCN2CCC(O)CC2)c1. The summed E-state index contributed by atoms with van der Waals surface area (Å²) in [5.74, 6) is -0.0599. The molecule has 0 saturated carbocycles. The molecule has 0 radical (unpaired) electrons. The van der Waals surface area contributed by atoms with E-state index < -0.39 is 0 Å². The van der Waals surface area contributed by atoms with Crippen molar-refractivity contribution in [2.24, 2.45) is 0 Å². The summed E-state index contributed by atoms with van der Waals surface area (Å²) in [6, 6.07) is 1.84. The van der Waals surface area contributed by atoms with Gasteiger partial charge in [0.1, 0.15) is 0 Å². The summed E-state index contributed by atoms with van der Waals surface area (Å²) in [4.78, 5) is 18.3. The highest BCUT2D eigenvalue weighted by molar-refractivity contribution is 5.93. The summed E-state index contributed by atoms with van der Waals surface area (Å²) in [7, 11) is 0. The van der Waals surface area contributed by atoms with E-state index >= 15 is 0 Å². The number of amides is 1. The lowest BCUT2D eigenvalue weighted by Gasteiger charge is -2.29. The minimum Gasteiger partial charge on any atom is -0.393 e. The summed E-state index contributed by atoms with van der Waals surface area (Å²) < 4.78 is 0. The fourth-order valence-corrected chi connectivity index (χ4v) is 2.43. The molecule has 1 amide bonds. The second kappa shape index (κ2) is 7.36. The Morgan fingerprint density at radius 3 is 2.90 bits per heavy atom. The Kier molecular flexibility index (Phi) is 5.49. The number of aromatic nitrogens is 1. The lowest BCUT2D eigenvalue weighted by atomic mass is 10.1. The Bertz CT molecular complexity index is 442. The molecule has 20 heavy (non-hydrogen) atoms. The van der Waals surface area contributed by atoms with Crippen molar-refractivity contribution in [1.29, 1.82) is 0 Å². The lowest BCUT2D eigenvalue weighted by Crippen LogP contribution is -2.37. The number of hydrogen-bond acceptors (Lipinski definition) is 4. The Morgan fingerprint density at radius 1 is 1.45 bits per heavy atom. The summed E-state index contributed by atoms with van der Waals surface area (Å²) in [6.45, 7) is 5.48. The van der Waals surface area contributed by atoms with Crippen molar-refractivity contribution in [3.05, 3.63) is 29.6 Å². The molecule has 5 nitrogen and oxygen atoms in total. The van der Waals surface area contributed by atoms with E-state index in [9.17, 15) is 9.90 Å². The molecule has 1 saturated heterocycles. The zero-order valence-electron chi connectivity index (χ0n) is 12.0. The second-order valence-electron chi connectivity index (χ2n) is 5.43. The maximum atomic E-state index is 11.9. The van der Waals surface area contributed by atoms with Gasteiger partial charge in [-0.3, -0.25) is 9.78 Å². The number of carbonyl (C=O) groups is 1. The first-order chi connectivity index (χ1) is 9.65. The molecule has 1 fully saturated rings. The van der Waals surface area contributed by atoms with E-state index in [1.807, 2.05) is 13.0 Å². The van der Waals surface area contributed by atoms with Crippen LogP contribution in [0.2, 0.25) is 0 Å². The molecular weight excluding hydrogens is 254 g/mol. The van der Waals surface area contributed by atoms with Crippen molar-refractivity contribution in [1.82, 2.24) is 15.2 Å². The molecule has 1 aromatic heterocycles. The Hall–Kier alpha value is -1.46. The molecule has 2 heterocycles. The number of hydrogen-bond donors (Lipinski definition) is 2. The molecule has 0 spiro atoms. The van der Waals surface area contributed by atoms with Crippen molar-refractivity contribution in [2.45, 2.75) is 32.3 Å². The van der Waals surface area contributed by atoms with Gasteiger partial charge in [-0.2, -0.15) is 0 Å². The van der Waals surface area contributed by atoms with Crippen molar-refractivity contribution in [3.63, 3.8) is 0 Å². The molecule has 1 aromatic rings. The van der Waals surface area contributed by atoms with Crippen molar-refractivity contribution >= 4 is 5.91 Å². The predicted octanol–water partition coefficient (Wildman–Crippen LogP) is 0.967. The van der Waals surface area contributed by atoms with Crippen LogP contribution in [0.15, 0.2) is 18.5 Å². The first-order valence-corrected chi connectivity index (χ1v) is 7.25. The highest BCUT2D eigenvalue weighted by atomic mass is 16.3. The van der Waals surface area contributed by atoms with Crippen LogP contribution in [0.5, 0.6) is 0 Å². The normalized spacial score (nSPS) is 17.1. The molecule has 0 bridgehead atoms. The van der Waals surface area contributed by atoms with Gasteiger partial charge in [0.05, 0.1) is 11.7 Å². The molecule has 0 aliphatic carbocycles.